The van der Waals surface area contributed by atoms with Crippen molar-refractivity contribution >= 4 is 5.97 Å². The van der Waals surface area contributed by atoms with Gasteiger partial charge in [-0.25, -0.2) is 0 Å². The third kappa shape index (κ3) is 5.10. The molecule has 0 aromatic heterocycles. The van der Waals surface area contributed by atoms with E-state index in [1.807, 2.05) is 30.3 Å². The number of likely N-dealkylation sites (tertiary alicyclic amines) is 1. The fourth-order valence-corrected chi connectivity index (χ4v) is 3.90. The summed E-state index contributed by atoms with van der Waals surface area (Å²) in [4.78, 5) is 13.9. The summed E-state index contributed by atoms with van der Waals surface area (Å²) in [6.07, 6.45) is 4.85. The summed E-state index contributed by atoms with van der Waals surface area (Å²) in [5, 5.41) is 9.60. The Morgan fingerprint density at radius 3 is 2.78 bits per heavy atom. The van der Waals surface area contributed by atoms with Gasteiger partial charge in [-0.3, -0.25) is 9.69 Å². The molecule has 2 unspecified atom stereocenters. The highest BCUT2D eigenvalue weighted by Crippen LogP contribution is 2.34. The van der Waals surface area contributed by atoms with Gasteiger partial charge in [0.25, 0.3) is 0 Å². The van der Waals surface area contributed by atoms with Crippen LogP contribution in [-0.4, -0.2) is 28.6 Å². The topological polar surface area (TPSA) is 49.8 Å². The van der Waals surface area contributed by atoms with E-state index in [9.17, 15) is 9.90 Å². The molecule has 3 rings (SSSR count). The number of benzene rings is 2. The zero-order valence-corrected chi connectivity index (χ0v) is 16.0. The summed E-state index contributed by atoms with van der Waals surface area (Å²) in [7, 11) is 0. The predicted molar refractivity (Wildman–Crippen MR) is 107 cm³/mol. The van der Waals surface area contributed by atoms with E-state index >= 15 is 0 Å². The Hall–Kier alpha value is -2.33. The molecule has 1 saturated heterocycles. The van der Waals surface area contributed by atoms with Crippen molar-refractivity contribution < 1.29 is 14.6 Å². The van der Waals surface area contributed by atoms with Crippen molar-refractivity contribution in [2.24, 2.45) is 0 Å². The first-order valence-electron chi connectivity index (χ1n) is 9.94. The molecule has 0 bridgehead atoms. The maximum Gasteiger partial charge on any atom is 0.320 e. The number of rotatable bonds is 9. The van der Waals surface area contributed by atoms with Crippen molar-refractivity contribution in [3.63, 3.8) is 0 Å². The highest BCUT2D eigenvalue weighted by Gasteiger charge is 2.35. The number of nitrogens with zero attached hydrogens (tertiary/aromatic N) is 1. The van der Waals surface area contributed by atoms with Crippen LogP contribution in [-0.2, 0) is 11.4 Å². The van der Waals surface area contributed by atoms with Crippen molar-refractivity contribution in [2.45, 2.75) is 57.7 Å². The van der Waals surface area contributed by atoms with Crippen LogP contribution in [0.1, 0.15) is 56.2 Å². The zero-order chi connectivity index (χ0) is 19.1. The summed E-state index contributed by atoms with van der Waals surface area (Å²) in [6, 6.07) is 18.1. The lowest BCUT2D eigenvalue weighted by Crippen LogP contribution is -2.38. The van der Waals surface area contributed by atoms with Gasteiger partial charge in [-0.05, 0) is 49.1 Å². The maximum atomic E-state index is 11.7. The van der Waals surface area contributed by atoms with Crippen molar-refractivity contribution in [1.29, 1.82) is 0 Å². The van der Waals surface area contributed by atoms with E-state index in [4.69, 9.17) is 4.74 Å². The largest absolute Gasteiger partial charge is 0.489 e. The first-order valence-corrected chi connectivity index (χ1v) is 9.94. The van der Waals surface area contributed by atoms with Gasteiger partial charge >= 0.3 is 5.97 Å². The van der Waals surface area contributed by atoms with Gasteiger partial charge < -0.3 is 9.84 Å². The number of carbonyl (C=O) groups is 1. The Morgan fingerprint density at radius 1 is 1.22 bits per heavy atom. The van der Waals surface area contributed by atoms with E-state index in [1.54, 1.807) is 0 Å². The van der Waals surface area contributed by atoms with Gasteiger partial charge in [0.1, 0.15) is 18.4 Å². The summed E-state index contributed by atoms with van der Waals surface area (Å²) < 4.78 is 5.99. The quantitative estimate of drug-likeness (QED) is 0.674. The van der Waals surface area contributed by atoms with Gasteiger partial charge in [0.15, 0.2) is 0 Å². The highest BCUT2D eigenvalue weighted by molar-refractivity contribution is 5.73. The molecule has 1 aliphatic heterocycles. The Bertz CT molecular complexity index is 731. The van der Waals surface area contributed by atoms with Crippen LogP contribution in [0.15, 0.2) is 54.6 Å². The molecule has 0 radical (unpaired) electrons. The maximum absolute atomic E-state index is 11.7. The first kappa shape index (κ1) is 19.4. The molecule has 4 heteroatoms. The fraction of sp³-hybridized carbons (Fsp3) is 0.435. The normalized spacial score (nSPS) is 18.3. The average molecular weight is 367 g/mol. The van der Waals surface area contributed by atoms with Crippen LogP contribution in [0.25, 0.3) is 0 Å². The third-order valence-electron chi connectivity index (χ3n) is 5.30. The minimum Gasteiger partial charge on any atom is -0.489 e. The molecule has 2 aromatic carbocycles. The van der Waals surface area contributed by atoms with Crippen LogP contribution in [0.5, 0.6) is 5.75 Å². The number of hydrogen-bond acceptors (Lipinski definition) is 3. The second-order valence-electron chi connectivity index (χ2n) is 7.24. The molecule has 2 aromatic rings. The van der Waals surface area contributed by atoms with E-state index in [0.29, 0.717) is 6.61 Å². The summed E-state index contributed by atoms with van der Waals surface area (Å²) in [6.45, 7) is 3.56. The summed E-state index contributed by atoms with van der Waals surface area (Å²) >= 11 is 0. The van der Waals surface area contributed by atoms with Crippen LogP contribution < -0.4 is 4.74 Å². The molecule has 0 saturated carbocycles. The molecule has 1 fully saturated rings. The number of ether oxygens (including phenoxy) is 1. The van der Waals surface area contributed by atoms with E-state index in [2.05, 4.69) is 36.1 Å². The van der Waals surface area contributed by atoms with Crippen molar-refractivity contribution in [2.75, 3.05) is 6.54 Å². The fourth-order valence-electron chi connectivity index (χ4n) is 3.90. The van der Waals surface area contributed by atoms with Crippen LogP contribution in [0.3, 0.4) is 0 Å². The molecule has 1 heterocycles. The minimum atomic E-state index is -0.703. The number of carboxylic acids is 1. The minimum absolute atomic E-state index is 0.133. The van der Waals surface area contributed by atoms with Crippen LogP contribution in [0.2, 0.25) is 0 Å². The van der Waals surface area contributed by atoms with Gasteiger partial charge in [-0.2, -0.15) is 0 Å². The molecule has 0 spiro atoms. The van der Waals surface area contributed by atoms with Gasteiger partial charge in [0.05, 0.1) is 0 Å². The molecular weight excluding hydrogens is 338 g/mol. The first-order chi connectivity index (χ1) is 13.2. The Morgan fingerprint density at radius 2 is 2.04 bits per heavy atom. The predicted octanol–water partition coefficient (Wildman–Crippen LogP) is 5.05. The SMILES string of the molecule is CCCCC(c1cccc(OCc2ccccc2)c1)N1CCCC1C(=O)O. The molecular formula is C23H29NO3. The number of unbranched alkanes of at least 4 members (excludes halogenated alkanes) is 1. The average Bonchev–Trinajstić information content (AvgIpc) is 3.18. The smallest absolute Gasteiger partial charge is 0.320 e. The van der Waals surface area contributed by atoms with E-state index in [-0.39, 0.29) is 12.1 Å². The van der Waals surface area contributed by atoms with Crippen molar-refractivity contribution in [1.82, 2.24) is 4.90 Å². The molecule has 1 N–H and O–H groups in total. The number of carboxylic acid groups (broad SMARTS) is 1. The van der Waals surface area contributed by atoms with Gasteiger partial charge in [0.2, 0.25) is 0 Å². The van der Waals surface area contributed by atoms with Gasteiger partial charge in [-0.15, -0.1) is 0 Å². The zero-order valence-electron chi connectivity index (χ0n) is 16.0. The van der Waals surface area contributed by atoms with Gasteiger partial charge in [-0.1, -0.05) is 62.2 Å². The van der Waals surface area contributed by atoms with E-state index in [1.165, 1.54) is 0 Å². The highest BCUT2D eigenvalue weighted by atomic mass is 16.5. The number of aliphatic carboxylic acids is 1. The Labute approximate surface area is 161 Å². The second kappa shape index (κ2) is 9.56. The van der Waals surface area contributed by atoms with E-state index < -0.39 is 5.97 Å². The molecule has 4 nitrogen and oxygen atoms in total. The second-order valence-corrected chi connectivity index (χ2v) is 7.24. The molecule has 0 amide bonds. The van der Waals surface area contributed by atoms with Crippen molar-refractivity contribution in [3.05, 3.63) is 65.7 Å². The van der Waals surface area contributed by atoms with Crippen LogP contribution in [0.4, 0.5) is 0 Å². The van der Waals surface area contributed by atoms with E-state index in [0.717, 1.165) is 55.5 Å². The number of hydrogen-bond donors (Lipinski definition) is 1. The Kier molecular flexibility index (Phi) is 6.88. The monoisotopic (exact) mass is 367 g/mol. The van der Waals surface area contributed by atoms with Gasteiger partial charge in [0, 0.05) is 6.04 Å². The summed E-state index contributed by atoms with van der Waals surface area (Å²) in [5.41, 5.74) is 2.29. The van der Waals surface area contributed by atoms with Crippen LogP contribution >= 0.6 is 0 Å². The third-order valence-corrected chi connectivity index (χ3v) is 5.30. The molecule has 1 aliphatic rings. The summed E-state index contributed by atoms with van der Waals surface area (Å²) in [5.74, 6) is 0.134. The Balaban J connectivity index is 1.76. The molecule has 2 atom stereocenters. The lowest BCUT2D eigenvalue weighted by Gasteiger charge is -2.32. The van der Waals surface area contributed by atoms with Crippen LogP contribution in [0, 0.1) is 0 Å². The molecule has 0 aliphatic carbocycles. The lowest BCUT2D eigenvalue weighted by atomic mass is 9.98. The van der Waals surface area contributed by atoms with Crippen molar-refractivity contribution in [3.8, 4) is 5.75 Å². The standard InChI is InChI=1S/C23H29NO3/c1-2-3-13-21(24-15-8-14-22(24)23(25)26)19-11-7-12-20(16-19)27-17-18-9-5-4-6-10-18/h4-7,9-12,16,21-22H,2-3,8,13-15,17H2,1H3,(H,25,26). The lowest BCUT2D eigenvalue weighted by molar-refractivity contribution is -0.143. The molecule has 27 heavy (non-hydrogen) atoms. The molecule has 144 valence electrons.